The summed E-state index contributed by atoms with van der Waals surface area (Å²) in [6.45, 7) is 5.22. The first-order valence-corrected chi connectivity index (χ1v) is 6.97. The number of hydrazine groups is 1. The van der Waals surface area contributed by atoms with Crippen LogP contribution in [0.1, 0.15) is 48.7 Å². The molecule has 1 aromatic rings. The van der Waals surface area contributed by atoms with Gasteiger partial charge in [-0.3, -0.25) is 4.79 Å². The van der Waals surface area contributed by atoms with Gasteiger partial charge in [-0.05, 0) is 30.9 Å². The lowest BCUT2D eigenvalue weighted by Gasteiger charge is -2.29. The Morgan fingerprint density at radius 2 is 2.10 bits per heavy atom. The Morgan fingerprint density at radius 3 is 2.65 bits per heavy atom. The van der Waals surface area contributed by atoms with Gasteiger partial charge in [0.1, 0.15) is 5.82 Å². The van der Waals surface area contributed by atoms with Crippen molar-refractivity contribution < 1.29 is 9.90 Å². The molecule has 1 fully saturated rings. The third kappa shape index (κ3) is 3.26. The zero-order valence-corrected chi connectivity index (χ0v) is 12.0. The predicted octanol–water partition coefficient (Wildman–Crippen LogP) is 1.09. The van der Waals surface area contributed by atoms with E-state index in [-0.39, 0.29) is 17.9 Å². The van der Waals surface area contributed by atoms with E-state index in [9.17, 15) is 9.90 Å². The number of anilines is 1. The van der Waals surface area contributed by atoms with Gasteiger partial charge in [-0.15, -0.1) is 0 Å². The average molecular weight is 278 g/mol. The number of piperidine rings is 1. The highest BCUT2D eigenvalue weighted by Crippen LogP contribution is 2.20. The van der Waals surface area contributed by atoms with Gasteiger partial charge < -0.3 is 15.4 Å². The van der Waals surface area contributed by atoms with E-state index in [1.54, 1.807) is 11.0 Å². The van der Waals surface area contributed by atoms with E-state index in [1.807, 2.05) is 19.9 Å². The van der Waals surface area contributed by atoms with Gasteiger partial charge in [-0.1, -0.05) is 13.8 Å². The Kier molecular flexibility index (Phi) is 4.57. The minimum atomic E-state index is -0.288. The van der Waals surface area contributed by atoms with Crippen molar-refractivity contribution in [3.8, 4) is 0 Å². The minimum absolute atomic E-state index is 0.0299. The largest absolute Gasteiger partial charge is 0.393 e. The number of aliphatic hydroxyl groups is 1. The third-order valence-electron chi connectivity index (χ3n) is 3.58. The van der Waals surface area contributed by atoms with E-state index in [0.717, 1.165) is 5.69 Å². The molecule has 6 nitrogen and oxygen atoms in total. The molecule has 1 aliphatic heterocycles. The summed E-state index contributed by atoms with van der Waals surface area (Å²) < 4.78 is 0. The van der Waals surface area contributed by atoms with Crippen LogP contribution >= 0.6 is 0 Å². The number of carbonyl (C=O) groups excluding carboxylic acids is 1. The van der Waals surface area contributed by atoms with Crippen molar-refractivity contribution >= 4 is 11.7 Å². The molecule has 0 aliphatic carbocycles. The maximum Gasteiger partial charge on any atom is 0.254 e. The summed E-state index contributed by atoms with van der Waals surface area (Å²) in [7, 11) is 0. The molecular formula is C14H22N4O2. The minimum Gasteiger partial charge on any atom is -0.393 e. The first kappa shape index (κ1) is 14.7. The molecule has 1 amide bonds. The normalized spacial score (nSPS) is 16.6. The number of nitrogen functional groups attached to an aromatic ring is 1. The topological polar surface area (TPSA) is 91.5 Å². The molecule has 20 heavy (non-hydrogen) atoms. The van der Waals surface area contributed by atoms with Crippen LogP contribution in [0.3, 0.4) is 0 Å². The van der Waals surface area contributed by atoms with Crippen LogP contribution in [-0.4, -0.2) is 40.1 Å². The summed E-state index contributed by atoms with van der Waals surface area (Å²) in [6.07, 6.45) is 0.982. The molecule has 2 heterocycles. The van der Waals surface area contributed by atoms with Crippen molar-refractivity contribution in [1.82, 2.24) is 9.88 Å². The van der Waals surface area contributed by atoms with Gasteiger partial charge in [0.05, 0.1) is 6.10 Å². The molecule has 0 spiro atoms. The van der Waals surface area contributed by atoms with Crippen LogP contribution in [0, 0.1) is 0 Å². The highest BCUT2D eigenvalue weighted by Gasteiger charge is 2.23. The summed E-state index contributed by atoms with van der Waals surface area (Å²) in [4.78, 5) is 18.6. The number of amides is 1. The van der Waals surface area contributed by atoms with E-state index < -0.39 is 0 Å². The van der Waals surface area contributed by atoms with Gasteiger partial charge >= 0.3 is 0 Å². The van der Waals surface area contributed by atoms with Crippen LogP contribution in [0.4, 0.5) is 5.82 Å². The number of hydrogen-bond acceptors (Lipinski definition) is 5. The van der Waals surface area contributed by atoms with E-state index in [4.69, 9.17) is 5.84 Å². The van der Waals surface area contributed by atoms with Gasteiger partial charge in [0.2, 0.25) is 0 Å². The second kappa shape index (κ2) is 6.19. The molecule has 6 heteroatoms. The molecule has 0 unspecified atom stereocenters. The fourth-order valence-electron chi connectivity index (χ4n) is 2.30. The van der Waals surface area contributed by atoms with Crippen molar-refractivity contribution in [2.45, 2.75) is 38.7 Å². The molecule has 0 aromatic carbocycles. The summed E-state index contributed by atoms with van der Waals surface area (Å²) in [6, 6.07) is 3.48. The Balaban J connectivity index is 2.22. The van der Waals surface area contributed by atoms with Crippen LogP contribution in [-0.2, 0) is 0 Å². The number of aliphatic hydroxyl groups excluding tert-OH is 1. The standard InChI is InChI=1S/C14H22N4O2/c1-9(2)12-7-10(8-13(16-12)17-15)14(20)18-5-3-11(19)4-6-18/h7-9,11,19H,3-6,15H2,1-2H3,(H,16,17). The second-order valence-corrected chi connectivity index (χ2v) is 5.49. The number of hydrogen-bond donors (Lipinski definition) is 3. The van der Waals surface area contributed by atoms with Gasteiger partial charge in [0, 0.05) is 24.3 Å². The summed E-state index contributed by atoms with van der Waals surface area (Å²) in [5, 5.41) is 9.50. The Labute approximate surface area is 119 Å². The molecule has 0 radical (unpaired) electrons. The van der Waals surface area contributed by atoms with Crippen molar-refractivity contribution in [3.63, 3.8) is 0 Å². The van der Waals surface area contributed by atoms with Gasteiger partial charge in [0.25, 0.3) is 5.91 Å². The van der Waals surface area contributed by atoms with Crippen LogP contribution in [0.2, 0.25) is 0 Å². The number of carbonyl (C=O) groups is 1. The summed E-state index contributed by atoms with van der Waals surface area (Å²) in [5.41, 5.74) is 3.93. The SMILES string of the molecule is CC(C)c1cc(C(=O)N2CCC(O)CC2)cc(NN)n1. The van der Waals surface area contributed by atoms with Crippen LogP contribution in [0.25, 0.3) is 0 Å². The first-order chi connectivity index (χ1) is 9.51. The smallest absolute Gasteiger partial charge is 0.254 e. The second-order valence-electron chi connectivity index (χ2n) is 5.49. The van der Waals surface area contributed by atoms with Gasteiger partial charge in [-0.2, -0.15) is 0 Å². The number of nitrogens with zero attached hydrogens (tertiary/aromatic N) is 2. The predicted molar refractivity (Wildman–Crippen MR) is 77.3 cm³/mol. The summed E-state index contributed by atoms with van der Waals surface area (Å²) in [5.74, 6) is 6.10. The van der Waals surface area contributed by atoms with E-state index >= 15 is 0 Å². The average Bonchev–Trinajstić information content (AvgIpc) is 2.46. The quantitative estimate of drug-likeness (QED) is 0.568. The lowest BCUT2D eigenvalue weighted by Crippen LogP contribution is -2.40. The number of pyridine rings is 1. The highest BCUT2D eigenvalue weighted by molar-refractivity contribution is 5.95. The molecule has 1 aliphatic rings. The highest BCUT2D eigenvalue weighted by atomic mass is 16.3. The molecule has 0 saturated carbocycles. The zero-order chi connectivity index (χ0) is 14.7. The molecule has 0 atom stereocenters. The molecule has 1 aromatic heterocycles. The van der Waals surface area contributed by atoms with E-state index in [2.05, 4.69) is 10.4 Å². The molecule has 0 bridgehead atoms. The first-order valence-electron chi connectivity index (χ1n) is 6.97. The van der Waals surface area contributed by atoms with E-state index in [1.165, 1.54) is 0 Å². The maximum atomic E-state index is 12.5. The van der Waals surface area contributed by atoms with Crippen LogP contribution in [0.5, 0.6) is 0 Å². The lowest BCUT2D eigenvalue weighted by molar-refractivity contribution is 0.0546. The number of likely N-dealkylation sites (tertiary alicyclic amines) is 1. The van der Waals surface area contributed by atoms with Gasteiger partial charge in [-0.25, -0.2) is 10.8 Å². The lowest BCUT2D eigenvalue weighted by atomic mass is 10.0. The third-order valence-corrected chi connectivity index (χ3v) is 3.58. The number of rotatable bonds is 3. The van der Waals surface area contributed by atoms with Crippen LogP contribution in [0.15, 0.2) is 12.1 Å². The molecule has 4 N–H and O–H groups in total. The monoisotopic (exact) mass is 278 g/mol. The maximum absolute atomic E-state index is 12.5. The molecular weight excluding hydrogens is 256 g/mol. The zero-order valence-electron chi connectivity index (χ0n) is 12.0. The van der Waals surface area contributed by atoms with Gasteiger partial charge in [0.15, 0.2) is 0 Å². The Morgan fingerprint density at radius 1 is 1.45 bits per heavy atom. The molecule has 1 saturated heterocycles. The van der Waals surface area contributed by atoms with Crippen molar-refractivity contribution in [2.24, 2.45) is 5.84 Å². The number of nitrogens with two attached hydrogens (primary N) is 1. The molecule has 110 valence electrons. The molecule has 2 rings (SSSR count). The summed E-state index contributed by atoms with van der Waals surface area (Å²) >= 11 is 0. The fraction of sp³-hybridized carbons (Fsp3) is 0.571. The van der Waals surface area contributed by atoms with Crippen molar-refractivity contribution in [3.05, 3.63) is 23.4 Å². The van der Waals surface area contributed by atoms with Crippen molar-refractivity contribution in [1.29, 1.82) is 0 Å². The number of nitrogens with one attached hydrogen (secondary N) is 1. The Hall–Kier alpha value is -1.66. The number of aromatic nitrogens is 1. The van der Waals surface area contributed by atoms with Crippen molar-refractivity contribution in [2.75, 3.05) is 18.5 Å². The fourth-order valence-corrected chi connectivity index (χ4v) is 2.30. The van der Waals surface area contributed by atoms with Crippen LogP contribution < -0.4 is 11.3 Å². The Bertz CT molecular complexity index is 482. The van der Waals surface area contributed by atoms with E-state index in [0.29, 0.717) is 37.3 Å².